The van der Waals surface area contributed by atoms with E-state index in [1.807, 2.05) is 12.1 Å². The molecule has 1 amide bonds. The third-order valence-corrected chi connectivity index (χ3v) is 6.61. The number of aromatic nitrogens is 2. The predicted octanol–water partition coefficient (Wildman–Crippen LogP) is 4.20. The molecule has 2 aromatic heterocycles. The number of hydrogen-bond acceptors (Lipinski definition) is 5. The molecule has 3 aromatic rings. The number of benzene rings is 1. The van der Waals surface area contributed by atoms with Gasteiger partial charge in [-0.1, -0.05) is 12.1 Å². The van der Waals surface area contributed by atoms with Crippen LogP contribution in [0.5, 0.6) is 0 Å². The fourth-order valence-electron chi connectivity index (χ4n) is 4.36. The lowest BCUT2D eigenvalue weighted by molar-refractivity contribution is -0.135. The first kappa shape index (κ1) is 17.6. The molecule has 144 valence electrons. The Kier molecular flexibility index (Phi) is 4.72. The van der Waals surface area contributed by atoms with E-state index < -0.39 is 0 Å². The van der Waals surface area contributed by atoms with Gasteiger partial charge in [0, 0.05) is 48.4 Å². The highest BCUT2D eigenvalue weighted by molar-refractivity contribution is 7.08. The number of anilines is 1. The molecule has 2 aliphatic rings. The van der Waals surface area contributed by atoms with Gasteiger partial charge in [-0.25, -0.2) is 9.97 Å². The fourth-order valence-corrected chi connectivity index (χ4v) is 4.99. The summed E-state index contributed by atoms with van der Waals surface area (Å²) in [6.45, 7) is 3.63. The van der Waals surface area contributed by atoms with Crippen molar-refractivity contribution in [1.29, 1.82) is 0 Å². The first-order valence-corrected chi connectivity index (χ1v) is 11.1. The summed E-state index contributed by atoms with van der Waals surface area (Å²) in [6.07, 6.45) is 4.12. The lowest BCUT2D eigenvalue weighted by Gasteiger charge is -2.34. The molecule has 28 heavy (non-hydrogen) atoms. The Labute approximate surface area is 169 Å². The molecule has 4 heterocycles. The highest BCUT2D eigenvalue weighted by Gasteiger charge is 2.30. The van der Waals surface area contributed by atoms with Crippen LogP contribution in [0.1, 0.15) is 25.7 Å². The van der Waals surface area contributed by atoms with E-state index in [1.165, 1.54) is 0 Å². The van der Waals surface area contributed by atoms with E-state index in [4.69, 9.17) is 9.97 Å². The molecular weight excluding hydrogens is 368 g/mol. The van der Waals surface area contributed by atoms with Crippen molar-refractivity contribution >= 4 is 34.0 Å². The summed E-state index contributed by atoms with van der Waals surface area (Å²) in [6, 6.07) is 10.3. The monoisotopic (exact) mass is 392 g/mol. The molecule has 0 spiro atoms. The van der Waals surface area contributed by atoms with E-state index in [2.05, 4.69) is 38.8 Å². The Hall–Kier alpha value is -2.47. The van der Waals surface area contributed by atoms with Crippen molar-refractivity contribution in [2.75, 3.05) is 31.1 Å². The van der Waals surface area contributed by atoms with Crippen LogP contribution >= 0.6 is 11.3 Å². The Balaban J connectivity index is 1.41. The van der Waals surface area contributed by atoms with Gasteiger partial charge in [0.15, 0.2) is 5.82 Å². The molecule has 0 N–H and O–H groups in total. The molecule has 0 aliphatic carbocycles. The van der Waals surface area contributed by atoms with Crippen molar-refractivity contribution < 1.29 is 4.79 Å². The number of carbonyl (C=O) groups excluding carboxylic acids is 1. The normalized spacial score (nSPS) is 18.1. The summed E-state index contributed by atoms with van der Waals surface area (Å²) in [5.41, 5.74) is 2.04. The van der Waals surface area contributed by atoms with Crippen LogP contribution in [0.3, 0.4) is 0 Å². The topological polar surface area (TPSA) is 49.3 Å². The molecule has 0 saturated carbocycles. The third-order valence-electron chi connectivity index (χ3n) is 5.92. The number of nitrogens with zero attached hydrogens (tertiary/aromatic N) is 4. The molecule has 2 saturated heterocycles. The Morgan fingerprint density at radius 1 is 1.00 bits per heavy atom. The van der Waals surface area contributed by atoms with Gasteiger partial charge in [-0.05, 0) is 49.3 Å². The van der Waals surface area contributed by atoms with Crippen molar-refractivity contribution in [3.63, 3.8) is 0 Å². The van der Waals surface area contributed by atoms with Gasteiger partial charge in [-0.3, -0.25) is 4.79 Å². The number of para-hydroxylation sites is 1. The van der Waals surface area contributed by atoms with E-state index in [1.54, 1.807) is 11.3 Å². The predicted molar refractivity (Wildman–Crippen MR) is 114 cm³/mol. The number of piperidine rings is 1. The average Bonchev–Trinajstić information content (AvgIpc) is 3.47. The molecule has 0 bridgehead atoms. The summed E-state index contributed by atoms with van der Waals surface area (Å²) in [5.74, 6) is 2.31. The van der Waals surface area contributed by atoms with Gasteiger partial charge in [-0.15, -0.1) is 0 Å². The van der Waals surface area contributed by atoms with Gasteiger partial charge in [0.2, 0.25) is 5.91 Å². The summed E-state index contributed by atoms with van der Waals surface area (Å²) < 4.78 is 0. The average molecular weight is 393 g/mol. The first-order chi connectivity index (χ1) is 13.8. The zero-order chi connectivity index (χ0) is 18.9. The van der Waals surface area contributed by atoms with Crippen LogP contribution in [-0.4, -0.2) is 47.0 Å². The molecular formula is C22H24N4OS. The number of carbonyl (C=O) groups is 1. The minimum absolute atomic E-state index is 0.166. The summed E-state index contributed by atoms with van der Waals surface area (Å²) in [5, 5.41) is 5.24. The molecule has 2 aliphatic heterocycles. The van der Waals surface area contributed by atoms with Crippen molar-refractivity contribution in [2.45, 2.75) is 25.7 Å². The highest BCUT2D eigenvalue weighted by atomic mass is 32.1. The van der Waals surface area contributed by atoms with Crippen LogP contribution in [0.4, 0.5) is 5.82 Å². The van der Waals surface area contributed by atoms with Gasteiger partial charge in [0.25, 0.3) is 0 Å². The van der Waals surface area contributed by atoms with Gasteiger partial charge >= 0.3 is 0 Å². The van der Waals surface area contributed by atoms with E-state index in [0.29, 0.717) is 5.91 Å². The molecule has 5 rings (SSSR count). The quantitative estimate of drug-likeness (QED) is 0.670. The van der Waals surface area contributed by atoms with Crippen molar-refractivity contribution in [2.24, 2.45) is 5.92 Å². The standard InChI is InChI=1S/C22H24N4OS/c27-22(26-10-3-4-11-26)16-7-12-25(13-8-16)21-18-5-1-2-6-19(18)23-20(24-21)17-9-14-28-15-17/h1-2,5-6,9,14-16H,3-4,7-8,10-13H2. The molecule has 5 nitrogen and oxygen atoms in total. The fraction of sp³-hybridized carbons (Fsp3) is 0.409. The van der Waals surface area contributed by atoms with Gasteiger partial charge in [-0.2, -0.15) is 11.3 Å². The van der Waals surface area contributed by atoms with Crippen LogP contribution in [-0.2, 0) is 4.79 Å². The van der Waals surface area contributed by atoms with Crippen LogP contribution in [0, 0.1) is 5.92 Å². The number of likely N-dealkylation sites (tertiary alicyclic amines) is 1. The molecule has 0 atom stereocenters. The smallest absolute Gasteiger partial charge is 0.225 e. The van der Waals surface area contributed by atoms with Crippen LogP contribution in [0.2, 0.25) is 0 Å². The van der Waals surface area contributed by atoms with Crippen LogP contribution in [0.15, 0.2) is 41.1 Å². The van der Waals surface area contributed by atoms with Crippen LogP contribution < -0.4 is 4.90 Å². The van der Waals surface area contributed by atoms with Crippen LogP contribution in [0.25, 0.3) is 22.3 Å². The summed E-state index contributed by atoms with van der Waals surface area (Å²) in [4.78, 5) is 26.9. The van der Waals surface area contributed by atoms with E-state index in [-0.39, 0.29) is 5.92 Å². The second-order valence-electron chi connectivity index (χ2n) is 7.69. The van der Waals surface area contributed by atoms with Gasteiger partial charge < -0.3 is 9.80 Å². The Bertz CT molecular complexity index is 973. The maximum absolute atomic E-state index is 12.7. The lowest BCUT2D eigenvalue weighted by atomic mass is 9.95. The molecule has 2 fully saturated rings. The van der Waals surface area contributed by atoms with E-state index in [9.17, 15) is 4.79 Å². The SMILES string of the molecule is O=C(C1CCN(c2nc(-c3ccsc3)nc3ccccc23)CC1)N1CCCC1. The van der Waals surface area contributed by atoms with Crippen molar-refractivity contribution in [3.05, 3.63) is 41.1 Å². The van der Waals surface area contributed by atoms with Gasteiger partial charge in [0.1, 0.15) is 5.82 Å². The van der Waals surface area contributed by atoms with E-state index in [0.717, 1.165) is 80.0 Å². The second-order valence-corrected chi connectivity index (χ2v) is 8.47. The third kappa shape index (κ3) is 3.26. The number of fused-ring (bicyclic) bond motifs is 1. The Morgan fingerprint density at radius 2 is 1.79 bits per heavy atom. The molecule has 0 unspecified atom stereocenters. The maximum atomic E-state index is 12.7. The molecule has 1 aromatic carbocycles. The molecule has 0 radical (unpaired) electrons. The largest absolute Gasteiger partial charge is 0.356 e. The second kappa shape index (κ2) is 7.51. The zero-order valence-electron chi connectivity index (χ0n) is 15.9. The zero-order valence-corrected chi connectivity index (χ0v) is 16.7. The summed E-state index contributed by atoms with van der Waals surface area (Å²) in [7, 11) is 0. The van der Waals surface area contributed by atoms with Crippen molar-refractivity contribution in [3.8, 4) is 11.4 Å². The number of amides is 1. The van der Waals surface area contributed by atoms with Crippen molar-refractivity contribution in [1.82, 2.24) is 14.9 Å². The van der Waals surface area contributed by atoms with Gasteiger partial charge in [0.05, 0.1) is 5.52 Å². The minimum Gasteiger partial charge on any atom is -0.356 e. The summed E-state index contributed by atoms with van der Waals surface area (Å²) >= 11 is 1.66. The molecule has 6 heteroatoms. The maximum Gasteiger partial charge on any atom is 0.225 e. The first-order valence-electron chi connectivity index (χ1n) is 10.1. The highest BCUT2D eigenvalue weighted by Crippen LogP contribution is 2.31. The lowest BCUT2D eigenvalue weighted by Crippen LogP contribution is -2.42. The van der Waals surface area contributed by atoms with E-state index >= 15 is 0 Å². The Morgan fingerprint density at radius 3 is 2.54 bits per heavy atom. The number of thiophene rings is 1. The number of hydrogen-bond donors (Lipinski definition) is 0. The number of rotatable bonds is 3. The minimum atomic E-state index is 0.166.